The predicted octanol–water partition coefficient (Wildman–Crippen LogP) is 2.17. The van der Waals surface area contributed by atoms with Gasteiger partial charge in [-0.25, -0.2) is 9.18 Å². The summed E-state index contributed by atoms with van der Waals surface area (Å²) < 4.78 is 17.9. The molecule has 0 bridgehead atoms. The smallest absolute Gasteiger partial charge is 0.409 e. The average molecular weight is 320 g/mol. The number of carbonyl (C=O) groups excluding carboxylic acids is 2. The van der Waals surface area contributed by atoms with Crippen molar-refractivity contribution in [1.29, 1.82) is 0 Å². The first-order valence-corrected chi connectivity index (χ1v) is 8.07. The Balaban J connectivity index is 1.54. The van der Waals surface area contributed by atoms with E-state index < -0.39 is 0 Å². The van der Waals surface area contributed by atoms with Crippen molar-refractivity contribution in [3.05, 3.63) is 35.6 Å². The van der Waals surface area contributed by atoms with Gasteiger partial charge in [0.25, 0.3) is 0 Å². The zero-order valence-electron chi connectivity index (χ0n) is 13.0. The second kappa shape index (κ2) is 7.08. The van der Waals surface area contributed by atoms with Gasteiger partial charge in [-0.15, -0.1) is 0 Å². The van der Waals surface area contributed by atoms with E-state index in [1.165, 1.54) is 12.1 Å². The number of amides is 1. The summed E-state index contributed by atoms with van der Waals surface area (Å²) in [6.07, 6.45) is 1.57. The summed E-state index contributed by atoms with van der Waals surface area (Å²) in [7, 11) is 0. The molecule has 1 amide bonds. The van der Waals surface area contributed by atoms with E-state index in [1.54, 1.807) is 17.0 Å². The predicted molar refractivity (Wildman–Crippen MR) is 82.8 cm³/mol. The first-order chi connectivity index (χ1) is 11.1. The van der Waals surface area contributed by atoms with Crippen molar-refractivity contribution in [2.45, 2.75) is 12.8 Å². The van der Waals surface area contributed by atoms with Gasteiger partial charge in [0.05, 0.1) is 6.54 Å². The number of likely N-dealkylation sites (tertiary alicyclic amines) is 1. The molecule has 0 aromatic heterocycles. The summed E-state index contributed by atoms with van der Waals surface area (Å²) in [6.45, 7) is 4.13. The second-order valence-electron chi connectivity index (χ2n) is 6.11. The van der Waals surface area contributed by atoms with Gasteiger partial charge in [-0.3, -0.25) is 4.79 Å². The molecule has 0 N–H and O–H groups in total. The monoisotopic (exact) mass is 320 g/mol. The highest BCUT2D eigenvalue weighted by atomic mass is 19.1. The van der Waals surface area contributed by atoms with Crippen LogP contribution in [-0.4, -0.2) is 61.0 Å². The van der Waals surface area contributed by atoms with Crippen molar-refractivity contribution in [3.63, 3.8) is 0 Å². The number of Topliss-reactive ketones (excluding diaryl/α,β-unsaturated/α-hetero) is 1. The molecule has 1 unspecified atom stereocenters. The standard InChI is InChI=1S/C17H21FN2O3/c18-15-5-3-13(4-6-15)16(21)14-2-1-7-19(12-14)8-9-20-10-11-23-17(20)22/h3-6,14H,1-2,7-12H2. The highest BCUT2D eigenvalue weighted by molar-refractivity contribution is 5.98. The summed E-state index contributed by atoms with van der Waals surface area (Å²) in [5.41, 5.74) is 0.571. The van der Waals surface area contributed by atoms with Gasteiger partial charge in [-0.2, -0.15) is 0 Å². The molecule has 5 nitrogen and oxygen atoms in total. The molecule has 3 rings (SSSR count). The van der Waals surface area contributed by atoms with Crippen LogP contribution < -0.4 is 0 Å². The van der Waals surface area contributed by atoms with Gasteiger partial charge in [-0.05, 0) is 43.7 Å². The van der Waals surface area contributed by atoms with Crippen LogP contribution in [0.2, 0.25) is 0 Å². The molecule has 1 aromatic carbocycles. The first kappa shape index (κ1) is 15.9. The summed E-state index contributed by atoms with van der Waals surface area (Å²) in [4.78, 5) is 27.9. The fourth-order valence-electron chi connectivity index (χ4n) is 3.21. The number of piperidine rings is 1. The van der Waals surface area contributed by atoms with Crippen molar-refractivity contribution in [2.75, 3.05) is 39.3 Å². The van der Waals surface area contributed by atoms with Crippen LogP contribution in [0.5, 0.6) is 0 Å². The molecule has 2 aliphatic heterocycles. The fourth-order valence-corrected chi connectivity index (χ4v) is 3.21. The number of nitrogens with zero attached hydrogens (tertiary/aromatic N) is 2. The Morgan fingerprint density at radius 3 is 2.70 bits per heavy atom. The summed E-state index contributed by atoms with van der Waals surface area (Å²) >= 11 is 0. The van der Waals surface area contributed by atoms with Crippen LogP contribution in [0.1, 0.15) is 23.2 Å². The third kappa shape index (κ3) is 3.88. The minimum atomic E-state index is -0.329. The van der Waals surface area contributed by atoms with Crippen molar-refractivity contribution in [2.24, 2.45) is 5.92 Å². The lowest BCUT2D eigenvalue weighted by molar-refractivity contribution is 0.0809. The lowest BCUT2D eigenvalue weighted by Crippen LogP contribution is -2.43. The van der Waals surface area contributed by atoms with E-state index in [1.807, 2.05) is 0 Å². The van der Waals surface area contributed by atoms with Crippen LogP contribution in [0.3, 0.4) is 0 Å². The SMILES string of the molecule is O=C(c1ccc(F)cc1)C1CCCN(CCN2CCOC2=O)C1. The molecule has 6 heteroatoms. The second-order valence-corrected chi connectivity index (χ2v) is 6.11. The van der Waals surface area contributed by atoms with E-state index in [2.05, 4.69) is 4.90 Å². The van der Waals surface area contributed by atoms with Gasteiger partial charge in [0.15, 0.2) is 5.78 Å². The fraction of sp³-hybridized carbons (Fsp3) is 0.529. The van der Waals surface area contributed by atoms with E-state index in [9.17, 15) is 14.0 Å². The van der Waals surface area contributed by atoms with E-state index in [0.29, 0.717) is 31.8 Å². The molecule has 0 radical (unpaired) electrons. The van der Waals surface area contributed by atoms with Crippen LogP contribution in [-0.2, 0) is 4.74 Å². The van der Waals surface area contributed by atoms with Crippen LogP contribution in [0.15, 0.2) is 24.3 Å². The highest BCUT2D eigenvalue weighted by Gasteiger charge is 2.28. The van der Waals surface area contributed by atoms with Crippen molar-refractivity contribution in [1.82, 2.24) is 9.80 Å². The number of hydrogen-bond donors (Lipinski definition) is 0. The lowest BCUT2D eigenvalue weighted by Gasteiger charge is -2.32. The molecular formula is C17H21FN2O3. The van der Waals surface area contributed by atoms with Gasteiger partial charge in [0.2, 0.25) is 0 Å². The van der Waals surface area contributed by atoms with Crippen LogP contribution in [0.4, 0.5) is 9.18 Å². The number of carbonyl (C=O) groups is 2. The zero-order valence-corrected chi connectivity index (χ0v) is 13.0. The molecule has 0 spiro atoms. The van der Waals surface area contributed by atoms with Crippen molar-refractivity contribution in [3.8, 4) is 0 Å². The van der Waals surface area contributed by atoms with Gasteiger partial charge in [-0.1, -0.05) is 0 Å². The molecule has 124 valence electrons. The zero-order chi connectivity index (χ0) is 16.2. The first-order valence-electron chi connectivity index (χ1n) is 8.07. The summed E-state index contributed by atoms with van der Waals surface area (Å²) in [5, 5.41) is 0. The minimum absolute atomic E-state index is 0.0558. The Kier molecular flexibility index (Phi) is 4.91. The Morgan fingerprint density at radius 1 is 1.22 bits per heavy atom. The largest absolute Gasteiger partial charge is 0.448 e. The molecule has 1 aromatic rings. The molecule has 2 heterocycles. The maximum atomic E-state index is 13.0. The van der Waals surface area contributed by atoms with E-state index >= 15 is 0 Å². The average Bonchev–Trinajstić information content (AvgIpc) is 2.98. The topological polar surface area (TPSA) is 49.9 Å². The van der Waals surface area contributed by atoms with Gasteiger partial charge in [0.1, 0.15) is 12.4 Å². The van der Waals surface area contributed by atoms with Crippen LogP contribution >= 0.6 is 0 Å². The number of cyclic esters (lactones) is 1. The number of ketones is 1. The third-order valence-corrected chi connectivity index (χ3v) is 4.54. The van der Waals surface area contributed by atoms with Gasteiger partial charge >= 0.3 is 6.09 Å². The normalized spacial score (nSPS) is 22.2. The molecule has 2 aliphatic rings. The van der Waals surface area contributed by atoms with E-state index in [0.717, 1.165) is 25.9 Å². The Bertz CT molecular complexity index is 576. The van der Waals surface area contributed by atoms with Crippen molar-refractivity contribution < 1.29 is 18.7 Å². The summed E-state index contributed by atoms with van der Waals surface area (Å²) in [5.74, 6) is -0.306. The van der Waals surface area contributed by atoms with Gasteiger partial charge < -0.3 is 14.5 Å². The minimum Gasteiger partial charge on any atom is -0.448 e. The number of benzene rings is 1. The Hall–Kier alpha value is -1.95. The molecule has 0 aliphatic carbocycles. The van der Waals surface area contributed by atoms with Crippen LogP contribution in [0, 0.1) is 11.7 Å². The van der Waals surface area contributed by atoms with E-state index in [4.69, 9.17) is 4.74 Å². The molecule has 1 atom stereocenters. The highest BCUT2D eigenvalue weighted by Crippen LogP contribution is 2.21. The number of rotatable bonds is 5. The lowest BCUT2D eigenvalue weighted by atomic mass is 9.90. The maximum absolute atomic E-state index is 13.0. The van der Waals surface area contributed by atoms with Crippen molar-refractivity contribution >= 4 is 11.9 Å². The molecule has 23 heavy (non-hydrogen) atoms. The number of ether oxygens (including phenoxy) is 1. The van der Waals surface area contributed by atoms with Crippen LogP contribution in [0.25, 0.3) is 0 Å². The molecular weight excluding hydrogens is 299 g/mol. The molecule has 0 saturated carbocycles. The number of hydrogen-bond acceptors (Lipinski definition) is 4. The number of halogens is 1. The van der Waals surface area contributed by atoms with E-state index in [-0.39, 0.29) is 23.6 Å². The summed E-state index contributed by atoms with van der Waals surface area (Å²) in [6, 6.07) is 5.76. The quantitative estimate of drug-likeness (QED) is 0.780. The molecule has 2 saturated heterocycles. The van der Waals surface area contributed by atoms with Gasteiger partial charge in [0, 0.05) is 31.1 Å². The molecule has 2 fully saturated rings. The Labute approximate surface area is 135 Å². The maximum Gasteiger partial charge on any atom is 0.409 e. The third-order valence-electron chi connectivity index (χ3n) is 4.54. The Morgan fingerprint density at radius 2 is 2.00 bits per heavy atom.